The topological polar surface area (TPSA) is 75.0 Å². The van der Waals surface area contributed by atoms with E-state index in [1.807, 2.05) is 24.3 Å². The van der Waals surface area contributed by atoms with Gasteiger partial charge >= 0.3 is 0 Å². The second kappa shape index (κ2) is 7.65. The van der Waals surface area contributed by atoms with Crippen LogP contribution in [0.5, 0.6) is 0 Å². The Bertz CT molecular complexity index is 1270. The molecule has 3 aromatic rings. The lowest BCUT2D eigenvalue weighted by atomic mass is 9.54. The number of hydrogen-bond acceptors (Lipinski definition) is 4. The molecule has 3 aromatic carbocycles. The van der Waals surface area contributed by atoms with Crippen LogP contribution < -0.4 is 0 Å². The largest absolute Gasteiger partial charge is 0.300 e. The Balaban J connectivity index is 1.77. The van der Waals surface area contributed by atoms with E-state index in [4.69, 9.17) is 0 Å². The van der Waals surface area contributed by atoms with Gasteiger partial charge in [0.1, 0.15) is 11.2 Å². The van der Waals surface area contributed by atoms with E-state index >= 15 is 0 Å². The summed E-state index contributed by atoms with van der Waals surface area (Å²) in [5.41, 5.74) is 1.48. The quantitative estimate of drug-likeness (QED) is 0.443. The summed E-state index contributed by atoms with van der Waals surface area (Å²) in [4.78, 5) is 41.1. The highest BCUT2D eigenvalue weighted by atomic mass is 79.9. The van der Waals surface area contributed by atoms with Crippen molar-refractivity contribution in [3.8, 4) is 6.07 Å². The smallest absolute Gasteiger partial charge is 0.178 e. The van der Waals surface area contributed by atoms with Crippen molar-refractivity contribution < 1.29 is 14.4 Å². The first-order valence-electron chi connectivity index (χ1n) is 10.4. The Labute approximate surface area is 194 Å². The highest BCUT2D eigenvalue weighted by Crippen LogP contribution is 2.60. The molecular weight excluding hydrogens is 466 g/mol. The number of halogens is 1. The molecule has 0 aliphatic heterocycles. The molecular formula is C27H18BrNO3. The molecule has 1 saturated carbocycles. The monoisotopic (exact) mass is 483 g/mol. The highest BCUT2D eigenvalue weighted by Gasteiger charge is 2.64. The van der Waals surface area contributed by atoms with Crippen molar-refractivity contribution in [2.24, 2.45) is 5.41 Å². The maximum absolute atomic E-state index is 14.1. The second-order valence-electron chi connectivity index (χ2n) is 8.41. The van der Waals surface area contributed by atoms with E-state index in [9.17, 15) is 19.6 Å². The lowest BCUT2D eigenvalue weighted by Crippen LogP contribution is -2.49. The number of nitriles is 1. The normalized spacial score (nSPS) is 21.4. The van der Waals surface area contributed by atoms with Crippen molar-refractivity contribution in [2.75, 3.05) is 0 Å². The fourth-order valence-corrected chi connectivity index (χ4v) is 5.68. The van der Waals surface area contributed by atoms with Crippen molar-refractivity contribution in [3.05, 3.63) is 105 Å². The number of carbonyl (C=O) groups excluding carboxylic acids is 3. The SMILES string of the molecule is N#Cc1ccc([C@@H]2CC(=O)C[C@@H](c3ccc(Br)cc3)C23C(=O)c2ccccc2C3=O)cc1. The number of hydrogen-bond donors (Lipinski definition) is 0. The number of carbonyl (C=O) groups is 3. The second-order valence-corrected chi connectivity index (χ2v) is 9.33. The fraction of sp³-hybridized carbons (Fsp3) is 0.185. The van der Waals surface area contributed by atoms with Crippen molar-refractivity contribution in [2.45, 2.75) is 24.7 Å². The van der Waals surface area contributed by atoms with Gasteiger partial charge in [0.25, 0.3) is 0 Å². The van der Waals surface area contributed by atoms with Gasteiger partial charge in [-0.25, -0.2) is 0 Å². The average Bonchev–Trinajstić information content (AvgIpc) is 3.04. The average molecular weight is 484 g/mol. The number of benzene rings is 3. The van der Waals surface area contributed by atoms with Gasteiger partial charge in [0.15, 0.2) is 11.6 Å². The molecule has 5 heteroatoms. The molecule has 2 aliphatic rings. The van der Waals surface area contributed by atoms with Gasteiger partial charge in [-0.05, 0) is 35.4 Å². The Morgan fingerprint density at radius 1 is 0.750 bits per heavy atom. The van der Waals surface area contributed by atoms with Gasteiger partial charge in [-0.1, -0.05) is 64.5 Å². The molecule has 0 N–H and O–H groups in total. The van der Waals surface area contributed by atoms with Crippen molar-refractivity contribution in [1.82, 2.24) is 0 Å². The van der Waals surface area contributed by atoms with Crippen LogP contribution in [0, 0.1) is 16.7 Å². The first kappa shape index (κ1) is 20.5. The molecule has 156 valence electrons. The van der Waals surface area contributed by atoms with Gasteiger partial charge in [-0.3, -0.25) is 14.4 Å². The Morgan fingerprint density at radius 3 is 1.69 bits per heavy atom. The molecule has 0 bridgehead atoms. The first-order valence-corrected chi connectivity index (χ1v) is 11.2. The molecule has 5 rings (SSSR count). The summed E-state index contributed by atoms with van der Waals surface area (Å²) in [6.07, 6.45) is 0.254. The molecule has 0 unspecified atom stereocenters. The van der Waals surface area contributed by atoms with Crippen molar-refractivity contribution in [1.29, 1.82) is 5.26 Å². The Morgan fingerprint density at radius 2 is 1.22 bits per heavy atom. The predicted octanol–water partition coefficient (Wildman–Crippen LogP) is 5.62. The summed E-state index contributed by atoms with van der Waals surface area (Å²) in [5.74, 6) is -1.57. The molecule has 0 aromatic heterocycles. The summed E-state index contributed by atoms with van der Waals surface area (Å²) in [5, 5.41) is 9.19. The van der Waals surface area contributed by atoms with Crippen LogP contribution in [-0.2, 0) is 4.79 Å². The van der Waals surface area contributed by atoms with Gasteiger partial charge in [-0.2, -0.15) is 5.26 Å². The molecule has 0 heterocycles. The Kier molecular flexibility index (Phi) is 4.91. The van der Waals surface area contributed by atoms with Crippen molar-refractivity contribution >= 4 is 33.3 Å². The molecule has 4 nitrogen and oxygen atoms in total. The standard InChI is InChI=1S/C27H18BrNO3/c28-19-11-9-18(10-12-19)24-14-20(30)13-23(17-7-5-16(15-29)6-8-17)27(24)25(31)21-3-1-2-4-22(21)26(27)32/h1-12,23-24H,13-14H2/t23-,24-/m0/s1. The summed E-state index contributed by atoms with van der Waals surface area (Å²) >= 11 is 3.44. The van der Waals surface area contributed by atoms with E-state index in [0.29, 0.717) is 16.7 Å². The van der Waals surface area contributed by atoms with Gasteiger partial charge < -0.3 is 0 Å². The molecule has 1 spiro atoms. The van der Waals surface area contributed by atoms with Gasteiger partial charge in [0, 0.05) is 40.3 Å². The minimum absolute atomic E-state index is 0.0226. The van der Waals surface area contributed by atoms with E-state index in [1.54, 1.807) is 48.5 Å². The third-order valence-electron chi connectivity index (χ3n) is 6.85. The molecule has 0 amide bonds. The number of rotatable bonds is 2. The summed E-state index contributed by atoms with van der Waals surface area (Å²) < 4.78 is 0.883. The van der Waals surface area contributed by atoms with E-state index in [2.05, 4.69) is 22.0 Å². The van der Waals surface area contributed by atoms with E-state index in [1.165, 1.54) is 0 Å². The van der Waals surface area contributed by atoms with E-state index in [-0.39, 0.29) is 30.2 Å². The van der Waals surface area contributed by atoms with E-state index in [0.717, 1.165) is 15.6 Å². The van der Waals surface area contributed by atoms with Crippen LogP contribution >= 0.6 is 15.9 Å². The number of fused-ring (bicyclic) bond motifs is 1. The van der Waals surface area contributed by atoms with E-state index < -0.39 is 17.3 Å². The molecule has 2 aliphatic carbocycles. The fourth-order valence-electron chi connectivity index (χ4n) is 5.41. The zero-order chi connectivity index (χ0) is 22.5. The summed E-state index contributed by atoms with van der Waals surface area (Å²) in [6, 6.07) is 23.4. The van der Waals surface area contributed by atoms with Gasteiger partial charge in [0.05, 0.1) is 11.6 Å². The summed E-state index contributed by atoms with van der Waals surface area (Å²) in [6.45, 7) is 0. The summed E-state index contributed by atoms with van der Waals surface area (Å²) in [7, 11) is 0. The molecule has 2 atom stereocenters. The van der Waals surface area contributed by atoms with Gasteiger partial charge in [0.2, 0.25) is 0 Å². The number of nitrogens with zero attached hydrogens (tertiary/aromatic N) is 1. The highest BCUT2D eigenvalue weighted by molar-refractivity contribution is 9.10. The maximum Gasteiger partial charge on any atom is 0.178 e. The first-order chi connectivity index (χ1) is 15.5. The van der Waals surface area contributed by atoms with Crippen LogP contribution in [0.25, 0.3) is 0 Å². The number of Topliss-reactive ketones (excluding diaryl/α,β-unsaturated/α-hetero) is 3. The minimum atomic E-state index is -1.39. The Hall–Kier alpha value is -3.36. The minimum Gasteiger partial charge on any atom is -0.300 e. The molecule has 0 saturated heterocycles. The van der Waals surface area contributed by atoms with Crippen LogP contribution in [0.2, 0.25) is 0 Å². The third-order valence-corrected chi connectivity index (χ3v) is 7.37. The zero-order valence-corrected chi connectivity index (χ0v) is 18.6. The molecule has 0 radical (unpaired) electrons. The lowest BCUT2D eigenvalue weighted by Gasteiger charge is -2.44. The third kappa shape index (κ3) is 2.91. The van der Waals surface area contributed by atoms with Crippen LogP contribution in [0.4, 0.5) is 0 Å². The van der Waals surface area contributed by atoms with Crippen LogP contribution in [0.1, 0.15) is 62.1 Å². The maximum atomic E-state index is 14.1. The van der Waals surface area contributed by atoms with Crippen LogP contribution in [-0.4, -0.2) is 17.3 Å². The van der Waals surface area contributed by atoms with Crippen LogP contribution in [0.15, 0.2) is 77.3 Å². The number of ketones is 3. The van der Waals surface area contributed by atoms with Crippen LogP contribution in [0.3, 0.4) is 0 Å². The lowest BCUT2D eigenvalue weighted by molar-refractivity contribution is -0.122. The molecule has 1 fully saturated rings. The zero-order valence-electron chi connectivity index (χ0n) is 17.0. The van der Waals surface area contributed by atoms with Crippen molar-refractivity contribution in [3.63, 3.8) is 0 Å². The molecule has 32 heavy (non-hydrogen) atoms. The van der Waals surface area contributed by atoms with Gasteiger partial charge in [-0.15, -0.1) is 0 Å². The predicted molar refractivity (Wildman–Crippen MR) is 123 cm³/mol.